The van der Waals surface area contributed by atoms with E-state index in [1.54, 1.807) is 4.90 Å². The van der Waals surface area contributed by atoms with Crippen LogP contribution in [0.3, 0.4) is 0 Å². The second-order valence-corrected chi connectivity index (χ2v) is 5.78. The Morgan fingerprint density at radius 1 is 1.33 bits per heavy atom. The molecule has 0 radical (unpaired) electrons. The number of β-amino-alcohol motifs (C(OH)–C–C–N with tert-alkyl or cyclic N) is 1. The van der Waals surface area contributed by atoms with Crippen LogP contribution in [0.1, 0.15) is 30.7 Å². The van der Waals surface area contributed by atoms with Crippen LogP contribution in [-0.4, -0.2) is 41.3 Å². The van der Waals surface area contributed by atoms with Crippen molar-refractivity contribution in [2.24, 2.45) is 0 Å². The molecule has 114 valence electrons. The van der Waals surface area contributed by atoms with Gasteiger partial charge >= 0.3 is 6.03 Å². The van der Waals surface area contributed by atoms with E-state index in [1.807, 2.05) is 0 Å². The summed E-state index contributed by atoms with van der Waals surface area (Å²) in [5.41, 5.74) is 0.0569. The first-order valence-corrected chi connectivity index (χ1v) is 7.23. The van der Waals surface area contributed by atoms with Gasteiger partial charge in [0.1, 0.15) is 11.6 Å². The van der Waals surface area contributed by atoms with E-state index in [1.165, 1.54) is 18.2 Å². The Labute approximate surface area is 121 Å². The van der Waals surface area contributed by atoms with E-state index in [0.29, 0.717) is 25.9 Å². The molecule has 0 spiro atoms. The van der Waals surface area contributed by atoms with Crippen LogP contribution >= 0.6 is 0 Å². The molecular weight excluding hydrogens is 278 g/mol. The molecule has 2 aliphatic rings. The predicted molar refractivity (Wildman–Crippen MR) is 72.8 cm³/mol. The van der Waals surface area contributed by atoms with Crippen LogP contribution in [0.2, 0.25) is 0 Å². The summed E-state index contributed by atoms with van der Waals surface area (Å²) in [5, 5.41) is 12.3. The molecule has 1 saturated heterocycles. The molecule has 2 fully saturated rings. The number of aliphatic hydroxyl groups is 1. The van der Waals surface area contributed by atoms with E-state index < -0.39 is 17.7 Å². The van der Waals surface area contributed by atoms with Gasteiger partial charge in [0.25, 0.3) is 0 Å². The Hall–Kier alpha value is -1.69. The van der Waals surface area contributed by atoms with E-state index in [4.69, 9.17) is 0 Å². The SMILES string of the molecule is O=C(NC1CC1c1c(F)cccc1F)N1CCCC(O)C1. The summed E-state index contributed by atoms with van der Waals surface area (Å²) >= 11 is 0. The number of urea groups is 1. The molecule has 21 heavy (non-hydrogen) atoms. The number of hydrogen-bond acceptors (Lipinski definition) is 2. The lowest BCUT2D eigenvalue weighted by molar-refractivity contribution is 0.0841. The molecule has 1 aromatic rings. The summed E-state index contributed by atoms with van der Waals surface area (Å²) in [6.07, 6.45) is 1.53. The summed E-state index contributed by atoms with van der Waals surface area (Å²) < 4.78 is 27.3. The molecule has 3 atom stereocenters. The number of amides is 2. The number of rotatable bonds is 2. The topological polar surface area (TPSA) is 52.6 Å². The molecule has 1 heterocycles. The van der Waals surface area contributed by atoms with Gasteiger partial charge in [0.15, 0.2) is 0 Å². The van der Waals surface area contributed by atoms with Crippen LogP contribution in [0.25, 0.3) is 0 Å². The van der Waals surface area contributed by atoms with Crippen molar-refractivity contribution in [2.45, 2.75) is 37.3 Å². The minimum Gasteiger partial charge on any atom is -0.391 e. The molecule has 2 N–H and O–H groups in total. The number of benzene rings is 1. The van der Waals surface area contributed by atoms with Gasteiger partial charge < -0.3 is 15.3 Å². The molecule has 1 saturated carbocycles. The molecule has 6 heteroatoms. The van der Waals surface area contributed by atoms with Gasteiger partial charge in [-0.05, 0) is 31.4 Å². The van der Waals surface area contributed by atoms with E-state index >= 15 is 0 Å². The average Bonchev–Trinajstić information content (AvgIpc) is 3.17. The van der Waals surface area contributed by atoms with E-state index in [0.717, 1.165) is 6.42 Å². The highest BCUT2D eigenvalue weighted by Gasteiger charge is 2.43. The molecule has 0 bridgehead atoms. The third-order valence-corrected chi connectivity index (χ3v) is 4.15. The first-order valence-electron chi connectivity index (χ1n) is 7.23. The molecule has 3 unspecified atom stereocenters. The largest absolute Gasteiger partial charge is 0.391 e. The molecular formula is C15H18F2N2O2. The summed E-state index contributed by atoms with van der Waals surface area (Å²) in [6.45, 7) is 0.922. The summed E-state index contributed by atoms with van der Waals surface area (Å²) in [4.78, 5) is 13.6. The molecule has 1 aliphatic heterocycles. The summed E-state index contributed by atoms with van der Waals surface area (Å²) in [7, 11) is 0. The van der Waals surface area contributed by atoms with Gasteiger partial charge in [0.05, 0.1) is 6.10 Å². The first kappa shape index (κ1) is 14.3. The highest BCUT2D eigenvalue weighted by Crippen LogP contribution is 2.43. The van der Waals surface area contributed by atoms with Crippen molar-refractivity contribution >= 4 is 6.03 Å². The number of nitrogens with zero attached hydrogens (tertiary/aromatic N) is 1. The van der Waals surface area contributed by atoms with E-state index in [2.05, 4.69) is 5.32 Å². The van der Waals surface area contributed by atoms with Crippen molar-refractivity contribution in [1.82, 2.24) is 10.2 Å². The lowest BCUT2D eigenvalue weighted by Crippen LogP contribution is -2.47. The van der Waals surface area contributed by atoms with E-state index in [9.17, 15) is 18.7 Å². The zero-order valence-electron chi connectivity index (χ0n) is 11.6. The van der Waals surface area contributed by atoms with Crippen LogP contribution in [-0.2, 0) is 0 Å². The Balaban J connectivity index is 1.60. The number of nitrogens with one attached hydrogen (secondary N) is 1. The number of carbonyl (C=O) groups is 1. The lowest BCUT2D eigenvalue weighted by atomic mass is 10.1. The van der Waals surface area contributed by atoms with Gasteiger partial charge in [0, 0.05) is 30.6 Å². The maximum atomic E-state index is 13.7. The smallest absolute Gasteiger partial charge is 0.317 e. The van der Waals surface area contributed by atoms with Crippen LogP contribution in [0.5, 0.6) is 0 Å². The van der Waals surface area contributed by atoms with Crippen LogP contribution in [0, 0.1) is 11.6 Å². The number of hydrogen-bond donors (Lipinski definition) is 2. The number of halogens is 2. The van der Waals surface area contributed by atoms with Gasteiger partial charge in [-0.1, -0.05) is 6.07 Å². The maximum absolute atomic E-state index is 13.7. The Kier molecular flexibility index (Phi) is 3.80. The fourth-order valence-electron chi connectivity index (χ4n) is 2.93. The highest BCUT2D eigenvalue weighted by molar-refractivity contribution is 5.75. The normalized spacial score (nSPS) is 28.3. The van der Waals surface area contributed by atoms with Gasteiger partial charge in [-0.15, -0.1) is 0 Å². The monoisotopic (exact) mass is 296 g/mol. The maximum Gasteiger partial charge on any atom is 0.317 e. The van der Waals surface area contributed by atoms with Gasteiger partial charge in [-0.25, -0.2) is 13.6 Å². The molecule has 0 aromatic heterocycles. The third kappa shape index (κ3) is 3.00. The van der Waals surface area contributed by atoms with Crippen LogP contribution in [0.15, 0.2) is 18.2 Å². The van der Waals surface area contributed by atoms with Crippen molar-refractivity contribution in [2.75, 3.05) is 13.1 Å². The number of aliphatic hydroxyl groups excluding tert-OH is 1. The minimum absolute atomic E-state index is 0.0569. The van der Waals surface area contributed by atoms with Gasteiger partial charge in [-0.3, -0.25) is 0 Å². The van der Waals surface area contributed by atoms with Crippen LogP contribution in [0.4, 0.5) is 13.6 Å². The Morgan fingerprint density at radius 3 is 2.71 bits per heavy atom. The van der Waals surface area contributed by atoms with Crippen molar-refractivity contribution in [3.05, 3.63) is 35.4 Å². The molecule has 1 aromatic carbocycles. The van der Waals surface area contributed by atoms with Gasteiger partial charge in [0.2, 0.25) is 0 Å². The molecule has 1 aliphatic carbocycles. The summed E-state index contributed by atoms with van der Waals surface area (Å²) in [6, 6.07) is 3.30. The standard InChI is InChI=1S/C15H18F2N2O2/c16-11-4-1-5-12(17)14(11)10-7-13(10)18-15(21)19-6-2-3-9(20)8-19/h1,4-5,9-10,13,20H,2-3,6-8H2,(H,18,21). The van der Waals surface area contributed by atoms with Crippen molar-refractivity contribution in [1.29, 1.82) is 0 Å². The zero-order valence-corrected chi connectivity index (χ0v) is 11.6. The number of carbonyl (C=O) groups excluding carboxylic acids is 1. The second kappa shape index (κ2) is 5.60. The molecule has 3 rings (SSSR count). The fourth-order valence-corrected chi connectivity index (χ4v) is 2.93. The second-order valence-electron chi connectivity index (χ2n) is 5.78. The first-order chi connectivity index (χ1) is 10.1. The molecule has 2 amide bonds. The predicted octanol–water partition coefficient (Wildman–Crippen LogP) is 1.99. The lowest BCUT2D eigenvalue weighted by Gasteiger charge is -2.30. The van der Waals surface area contributed by atoms with Crippen molar-refractivity contribution in [3.8, 4) is 0 Å². The van der Waals surface area contributed by atoms with Crippen molar-refractivity contribution < 1.29 is 18.7 Å². The Morgan fingerprint density at radius 2 is 2.05 bits per heavy atom. The highest BCUT2D eigenvalue weighted by atomic mass is 19.1. The van der Waals surface area contributed by atoms with Gasteiger partial charge in [-0.2, -0.15) is 0 Å². The van der Waals surface area contributed by atoms with Crippen LogP contribution < -0.4 is 5.32 Å². The number of likely N-dealkylation sites (tertiary alicyclic amines) is 1. The quantitative estimate of drug-likeness (QED) is 0.877. The molecule has 4 nitrogen and oxygen atoms in total. The minimum atomic E-state index is -0.565. The number of piperidine rings is 1. The zero-order chi connectivity index (χ0) is 15.0. The fraction of sp³-hybridized carbons (Fsp3) is 0.533. The Bertz CT molecular complexity index is 532. The van der Waals surface area contributed by atoms with Crippen molar-refractivity contribution in [3.63, 3.8) is 0 Å². The van der Waals surface area contributed by atoms with E-state index in [-0.39, 0.29) is 23.6 Å². The average molecular weight is 296 g/mol. The summed E-state index contributed by atoms with van der Waals surface area (Å²) in [5.74, 6) is -1.43. The third-order valence-electron chi connectivity index (χ3n) is 4.15.